The van der Waals surface area contributed by atoms with Gasteiger partial charge in [-0.25, -0.2) is 9.13 Å². The van der Waals surface area contributed by atoms with Crippen molar-refractivity contribution in [3.8, 4) is 0 Å². The Labute approximate surface area is 138 Å². The lowest BCUT2D eigenvalue weighted by atomic mass is 10.9. The fourth-order valence-electron chi connectivity index (χ4n) is 1.68. The van der Waals surface area contributed by atoms with Gasteiger partial charge in [-0.1, -0.05) is 0 Å². The summed E-state index contributed by atoms with van der Waals surface area (Å²) in [5.74, 6) is -4.49. The summed E-state index contributed by atoms with van der Waals surface area (Å²) in [5.41, 5.74) is -2.04. The van der Waals surface area contributed by atoms with Gasteiger partial charge in [-0.05, 0) is 14.1 Å². The van der Waals surface area contributed by atoms with E-state index in [2.05, 4.69) is 18.1 Å². The monoisotopic (exact) mass is 387 g/mol. The summed E-state index contributed by atoms with van der Waals surface area (Å²) in [6.45, 7) is 3.47. The quantitative estimate of drug-likeness (QED) is 0.586. The van der Waals surface area contributed by atoms with Crippen LogP contribution in [0.3, 0.4) is 0 Å². The molecule has 0 atom stereocenters. The summed E-state index contributed by atoms with van der Waals surface area (Å²) in [4.78, 5) is 45.8. The lowest BCUT2D eigenvalue weighted by molar-refractivity contribution is -0.137. The van der Waals surface area contributed by atoms with Crippen LogP contribution >= 0.6 is 15.2 Å². The topological polar surface area (TPSA) is 143 Å². The Bertz CT molecular complexity index is 538. The molecular weight excluding hydrogens is 368 g/mol. The second-order valence-corrected chi connectivity index (χ2v) is 9.00. The first-order valence-corrected chi connectivity index (χ1v) is 9.62. The molecule has 0 bridgehead atoms. The van der Waals surface area contributed by atoms with E-state index in [1.165, 1.54) is 14.1 Å². The molecule has 0 aromatic carbocycles. The molecule has 138 valence electrons. The number of hydrogen-bond donors (Lipinski definition) is 0. The van der Waals surface area contributed by atoms with E-state index in [9.17, 15) is 28.3 Å². The van der Waals surface area contributed by atoms with Crippen LogP contribution in [-0.2, 0) is 46.4 Å². The van der Waals surface area contributed by atoms with Crippen molar-refractivity contribution in [1.82, 2.24) is 4.90 Å². The number of carbonyl (C=O) groups excluding carboxylic acids is 4. The molecule has 0 saturated heterocycles. The zero-order chi connectivity index (χ0) is 19.3. The molecule has 0 heterocycles. The van der Waals surface area contributed by atoms with Crippen molar-refractivity contribution in [2.45, 2.75) is 33.2 Å². The Morgan fingerprint density at radius 2 is 0.875 bits per heavy atom. The van der Waals surface area contributed by atoms with Crippen molar-refractivity contribution in [2.75, 3.05) is 14.1 Å². The molecule has 0 N–H and O–H groups in total. The maximum Gasteiger partial charge on any atom is 0.467 e. The lowest BCUT2D eigenvalue weighted by Gasteiger charge is -2.32. The average molecular weight is 387 g/mol. The molecular formula is C11H19NO10P2. The molecule has 0 aromatic heterocycles. The summed E-state index contributed by atoms with van der Waals surface area (Å²) in [6.07, 6.45) is 0. The van der Waals surface area contributed by atoms with E-state index in [1.54, 1.807) is 0 Å². The number of rotatable bonds is 7. The fourth-order valence-corrected chi connectivity index (χ4v) is 6.65. The van der Waals surface area contributed by atoms with Crippen molar-refractivity contribution in [1.29, 1.82) is 0 Å². The Balaban J connectivity index is 6.33. The lowest BCUT2D eigenvalue weighted by Crippen LogP contribution is -2.33. The highest BCUT2D eigenvalue weighted by Gasteiger charge is 2.59. The van der Waals surface area contributed by atoms with Gasteiger partial charge in [-0.3, -0.25) is 24.1 Å². The first-order valence-electron chi connectivity index (χ1n) is 6.40. The summed E-state index contributed by atoms with van der Waals surface area (Å²) in [7, 11) is -7.22. The van der Waals surface area contributed by atoms with E-state index in [-0.39, 0.29) is 0 Å². The standard InChI is InChI=1S/C11H19NO10P2/c1-7(13)19-23(17,20-8(2)14)11(12(5)6)24(18,21-9(3)15)22-10(4)16/h11H,1-6H3. The normalized spacial score (nSPS) is 11.8. The predicted octanol–water partition coefficient (Wildman–Crippen LogP) is 1.47. The molecule has 0 saturated carbocycles. The number of nitrogens with zero attached hydrogens (tertiary/aromatic N) is 1. The van der Waals surface area contributed by atoms with Crippen molar-refractivity contribution in [2.24, 2.45) is 0 Å². The molecule has 0 aliphatic carbocycles. The van der Waals surface area contributed by atoms with Crippen LogP contribution < -0.4 is 0 Å². The van der Waals surface area contributed by atoms with Gasteiger partial charge >= 0.3 is 39.1 Å². The van der Waals surface area contributed by atoms with Gasteiger partial charge in [0.1, 0.15) is 0 Å². The Morgan fingerprint density at radius 3 is 1.00 bits per heavy atom. The van der Waals surface area contributed by atoms with Gasteiger partial charge in [0.25, 0.3) is 5.52 Å². The Morgan fingerprint density at radius 1 is 0.667 bits per heavy atom. The summed E-state index contributed by atoms with van der Waals surface area (Å²) >= 11 is 0. The van der Waals surface area contributed by atoms with Crippen molar-refractivity contribution in [3.05, 3.63) is 0 Å². The van der Waals surface area contributed by atoms with Crippen molar-refractivity contribution >= 4 is 39.1 Å². The van der Waals surface area contributed by atoms with Crippen LogP contribution in [-0.4, -0.2) is 48.4 Å². The highest BCUT2D eigenvalue weighted by atomic mass is 31.2. The average Bonchev–Trinajstić information content (AvgIpc) is 2.20. The highest BCUT2D eigenvalue weighted by Crippen LogP contribution is 2.71. The zero-order valence-corrected chi connectivity index (χ0v) is 15.8. The highest BCUT2D eigenvalue weighted by molar-refractivity contribution is 7.73. The fraction of sp³-hybridized carbons (Fsp3) is 0.636. The van der Waals surface area contributed by atoms with Crippen LogP contribution in [0.4, 0.5) is 0 Å². The smallest absolute Gasteiger partial charge is 0.382 e. The molecule has 0 aliphatic rings. The van der Waals surface area contributed by atoms with Gasteiger partial charge in [0.05, 0.1) is 0 Å². The van der Waals surface area contributed by atoms with Gasteiger partial charge < -0.3 is 18.1 Å². The van der Waals surface area contributed by atoms with Crippen LogP contribution in [0.2, 0.25) is 0 Å². The molecule has 0 unspecified atom stereocenters. The van der Waals surface area contributed by atoms with Crippen molar-refractivity contribution < 1.29 is 46.4 Å². The third-order valence-corrected chi connectivity index (χ3v) is 7.85. The third-order valence-electron chi connectivity index (χ3n) is 2.05. The second kappa shape index (κ2) is 8.41. The van der Waals surface area contributed by atoms with E-state index < -0.39 is 44.6 Å². The van der Waals surface area contributed by atoms with Gasteiger partial charge in [-0.2, -0.15) is 0 Å². The third kappa shape index (κ3) is 6.43. The van der Waals surface area contributed by atoms with Crippen LogP contribution in [0.1, 0.15) is 27.7 Å². The van der Waals surface area contributed by atoms with Gasteiger partial charge in [-0.15, -0.1) is 0 Å². The molecule has 0 rings (SSSR count). The Hall–Kier alpha value is -1.70. The molecule has 0 aromatic rings. The molecule has 0 radical (unpaired) electrons. The molecule has 0 aliphatic heterocycles. The number of hydrogen-bond acceptors (Lipinski definition) is 11. The molecule has 11 nitrogen and oxygen atoms in total. The SMILES string of the molecule is CC(=O)OP(=O)(OC(C)=O)C(N(C)C)P(=O)(OC(C)=O)OC(C)=O. The molecule has 0 spiro atoms. The second-order valence-electron chi connectivity index (χ2n) is 4.72. The van der Waals surface area contributed by atoms with Gasteiger partial charge in [0, 0.05) is 27.7 Å². The van der Waals surface area contributed by atoms with Crippen LogP contribution in [0.5, 0.6) is 0 Å². The largest absolute Gasteiger partial charge is 0.467 e. The van der Waals surface area contributed by atoms with Gasteiger partial charge in [0.2, 0.25) is 0 Å². The molecule has 13 heteroatoms. The maximum atomic E-state index is 12.9. The minimum absolute atomic E-state index is 0.867. The van der Waals surface area contributed by atoms with Crippen LogP contribution in [0, 0.1) is 0 Å². The summed E-state index contributed by atoms with van der Waals surface area (Å²) in [5, 5.41) is 0. The van der Waals surface area contributed by atoms with Crippen LogP contribution in [0.25, 0.3) is 0 Å². The molecule has 0 amide bonds. The summed E-state index contributed by atoms with van der Waals surface area (Å²) in [6, 6.07) is 0. The maximum absolute atomic E-state index is 12.9. The van der Waals surface area contributed by atoms with E-state index in [0.29, 0.717) is 0 Å². The minimum Gasteiger partial charge on any atom is -0.382 e. The minimum atomic E-state index is -4.82. The Kier molecular flexibility index (Phi) is 7.82. The van der Waals surface area contributed by atoms with E-state index in [1.807, 2.05) is 0 Å². The van der Waals surface area contributed by atoms with E-state index in [0.717, 1.165) is 32.6 Å². The van der Waals surface area contributed by atoms with Crippen molar-refractivity contribution in [3.63, 3.8) is 0 Å². The summed E-state index contributed by atoms with van der Waals surface area (Å²) < 4.78 is 44.0. The van der Waals surface area contributed by atoms with Gasteiger partial charge in [0.15, 0.2) is 0 Å². The molecule has 0 fully saturated rings. The first-order chi connectivity index (χ1) is 10.7. The van der Waals surface area contributed by atoms with Crippen LogP contribution in [0.15, 0.2) is 0 Å². The first kappa shape index (κ1) is 22.3. The zero-order valence-electron chi connectivity index (χ0n) is 14.0. The number of carbonyl (C=O) groups is 4. The van der Waals surface area contributed by atoms with E-state index >= 15 is 0 Å². The molecule has 24 heavy (non-hydrogen) atoms. The van der Waals surface area contributed by atoms with E-state index in [4.69, 9.17) is 0 Å². The predicted molar refractivity (Wildman–Crippen MR) is 79.8 cm³/mol.